The summed E-state index contributed by atoms with van der Waals surface area (Å²) in [5.74, 6) is 7.20. The van der Waals surface area contributed by atoms with Gasteiger partial charge in [-0.15, -0.1) is 0 Å². The van der Waals surface area contributed by atoms with Gasteiger partial charge in [0.25, 0.3) is 0 Å². The molecule has 3 rings (SSSR count). The van der Waals surface area contributed by atoms with E-state index in [0.717, 1.165) is 16.9 Å². The maximum Gasteiger partial charge on any atom is 0.145 e. The standard InChI is InChI=1S/C19H18O2/c1-19(2)16-10-6-5-9-15(16)18(21-19)13-12-14-8-4-7-11-17(14)20-3/h4-11,18H,1-3H3/t18-/m1/s1. The Kier molecular flexibility index (Phi) is 3.45. The van der Waals surface area contributed by atoms with Crippen LogP contribution in [-0.4, -0.2) is 7.11 Å². The van der Waals surface area contributed by atoms with Crippen LogP contribution in [0.1, 0.15) is 36.6 Å². The van der Waals surface area contributed by atoms with E-state index in [1.54, 1.807) is 7.11 Å². The number of hydrogen-bond donors (Lipinski definition) is 0. The average Bonchev–Trinajstić information content (AvgIpc) is 2.77. The van der Waals surface area contributed by atoms with E-state index in [1.165, 1.54) is 5.56 Å². The number of ether oxygens (including phenoxy) is 2. The predicted octanol–water partition coefficient (Wildman–Crippen LogP) is 4.05. The minimum Gasteiger partial charge on any atom is -0.495 e. The van der Waals surface area contributed by atoms with Crippen molar-refractivity contribution in [2.45, 2.75) is 25.6 Å². The molecule has 0 saturated carbocycles. The SMILES string of the molecule is COc1ccccc1C#C[C@H]1OC(C)(C)c2ccccc21. The Labute approximate surface area is 125 Å². The summed E-state index contributed by atoms with van der Waals surface area (Å²) in [4.78, 5) is 0. The summed E-state index contributed by atoms with van der Waals surface area (Å²) >= 11 is 0. The van der Waals surface area contributed by atoms with Crippen LogP contribution in [0.3, 0.4) is 0 Å². The van der Waals surface area contributed by atoms with E-state index in [9.17, 15) is 0 Å². The quantitative estimate of drug-likeness (QED) is 0.733. The molecule has 2 aromatic rings. The van der Waals surface area contributed by atoms with Gasteiger partial charge in [0.2, 0.25) is 0 Å². The van der Waals surface area contributed by atoms with Crippen molar-refractivity contribution in [2.24, 2.45) is 0 Å². The van der Waals surface area contributed by atoms with Crippen molar-refractivity contribution in [1.82, 2.24) is 0 Å². The minimum atomic E-state index is -0.295. The molecule has 1 heterocycles. The fraction of sp³-hybridized carbons (Fsp3) is 0.263. The zero-order valence-corrected chi connectivity index (χ0v) is 12.5. The summed E-state index contributed by atoms with van der Waals surface area (Å²) in [6.07, 6.45) is -0.193. The number of hydrogen-bond acceptors (Lipinski definition) is 2. The van der Waals surface area contributed by atoms with E-state index < -0.39 is 0 Å². The highest BCUT2D eigenvalue weighted by Crippen LogP contribution is 2.42. The van der Waals surface area contributed by atoms with Crippen LogP contribution in [0.4, 0.5) is 0 Å². The molecule has 0 bridgehead atoms. The van der Waals surface area contributed by atoms with Gasteiger partial charge in [-0.05, 0) is 37.1 Å². The topological polar surface area (TPSA) is 18.5 Å². The fourth-order valence-corrected chi connectivity index (χ4v) is 2.69. The molecule has 21 heavy (non-hydrogen) atoms. The third-order valence-electron chi connectivity index (χ3n) is 3.75. The molecule has 2 aromatic carbocycles. The van der Waals surface area contributed by atoms with E-state index in [1.807, 2.05) is 36.4 Å². The van der Waals surface area contributed by atoms with E-state index >= 15 is 0 Å². The highest BCUT2D eigenvalue weighted by molar-refractivity contribution is 5.48. The molecule has 0 saturated heterocycles. The lowest BCUT2D eigenvalue weighted by molar-refractivity contribution is -0.0267. The first kappa shape index (κ1) is 13.7. The van der Waals surface area contributed by atoms with Crippen molar-refractivity contribution in [3.63, 3.8) is 0 Å². The Morgan fingerprint density at radius 2 is 1.76 bits per heavy atom. The molecule has 0 fully saturated rings. The van der Waals surface area contributed by atoms with Gasteiger partial charge < -0.3 is 9.47 Å². The molecule has 0 amide bonds. The van der Waals surface area contributed by atoms with Gasteiger partial charge in [-0.2, -0.15) is 0 Å². The summed E-state index contributed by atoms with van der Waals surface area (Å²) in [5.41, 5.74) is 2.96. The largest absolute Gasteiger partial charge is 0.495 e. The lowest BCUT2D eigenvalue weighted by Crippen LogP contribution is -2.15. The zero-order valence-electron chi connectivity index (χ0n) is 12.5. The van der Waals surface area contributed by atoms with Crippen LogP contribution in [0.5, 0.6) is 5.75 Å². The molecule has 0 aliphatic carbocycles. The van der Waals surface area contributed by atoms with Gasteiger partial charge in [0.15, 0.2) is 0 Å². The van der Waals surface area contributed by atoms with Crippen LogP contribution >= 0.6 is 0 Å². The van der Waals surface area contributed by atoms with Crippen molar-refractivity contribution in [1.29, 1.82) is 0 Å². The Balaban J connectivity index is 1.96. The number of rotatable bonds is 1. The molecule has 1 aliphatic rings. The van der Waals surface area contributed by atoms with Crippen LogP contribution in [0.15, 0.2) is 48.5 Å². The smallest absolute Gasteiger partial charge is 0.145 e. The first-order valence-electron chi connectivity index (χ1n) is 7.03. The second-order valence-electron chi connectivity index (χ2n) is 5.57. The predicted molar refractivity (Wildman–Crippen MR) is 83.2 cm³/mol. The van der Waals surface area contributed by atoms with E-state index in [0.29, 0.717) is 0 Å². The molecule has 0 spiro atoms. The van der Waals surface area contributed by atoms with Crippen LogP contribution < -0.4 is 4.74 Å². The monoisotopic (exact) mass is 278 g/mol. The van der Waals surface area contributed by atoms with Gasteiger partial charge in [-0.1, -0.05) is 48.2 Å². The number of benzene rings is 2. The van der Waals surface area contributed by atoms with E-state index in [2.05, 4.69) is 37.8 Å². The Morgan fingerprint density at radius 1 is 1.05 bits per heavy atom. The highest BCUT2D eigenvalue weighted by Gasteiger charge is 2.36. The molecule has 106 valence electrons. The number of fused-ring (bicyclic) bond motifs is 1. The molecule has 0 unspecified atom stereocenters. The van der Waals surface area contributed by atoms with E-state index in [-0.39, 0.29) is 11.7 Å². The molecular weight excluding hydrogens is 260 g/mol. The zero-order chi connectivity index (χ0) is 14.9. The van der Waals surface area contributed by atoms with Crippen molar-refractivity contribution in [2.75, 3.05) is 7.11 Å². The van der Waals surface area contributed by atoms with E-state index in [4.69, 9.17) is 9.47 Å². The first-order valence-corrected chi connectivity index (χ1v) is 7.03. The average molecular weight is 278 g/mol. The molecule has 2 nitrogen and oxygen atoms in total. The normalized spacial score (nSPS) is 18.5. The lowest BCUT2D eigenvalue weighted by atomic mass is 9.95. The second-order valence-corrected chi connectivity index (χ2v) is 5.57. The number of methoxy groups -OCH3 is 1. The highest BCUT2D eigenvalue weighted by atomic mass is 16.5. The summed E-state index contributed by atoms with van der Waals surface area (Å²) in [7, 11) is 1.66. The van der Waals surface area contributed by atoms with Crippen LogP contribution in [-0.2, 0) is 10.3 Å². The molecule has 1 aliphatic heterocycles. The Hall–Kier alpha value is -2.24. The van der Waals surface area contributed by atoms with Crippen molar-refractivity contribution < 1.29 is 9.47 Å². The van der Waals surface area contributed by atoms with Crippen LogP contribution in [0.25, 0.3) is 0 Å². The Morgan fingerprint density at radius 3 is 2.57 bits per heavy atom. The molecule has 1 atom stereocenters. The molecule has 2 heteroatoms. The Bertz CT molecular complexity index is 720. The summed E-state index contributed by atoms with van der Waals surface area (Å²) in [6.45, 7) is 4.16. The summed E-state index contributed by atoms with van der Waals surface area (Å²) in [5, 5.41) is 0. The van der Waals surface area contributed by atoms with Crippen molar-refractivity contribution in [3.8, 4) is 17.6 Å². The lowest BCUT2D eigenvalue weighted by Gasteiger charge is -2.18. The molecular formula is C19H18O2. The minimum absolute atomic E-state index is 0.193. The first-order chi connectivity index (χ1) is 10.1. The van der Waals surface area contributed by atoms with Crippen molar-refractivity contribution >= 4 is 0 Å². The molecule has 0 radical (unpaired) electrons. The van der Waals surface area contributed by atoms with Gasteiger partial charge in [0.05, 0.1) is 18.3 Å². The van der Waals surface area contributed by atoms with Gasteiger partial charge in [-0.3, -0.25) is 0 Å². The maximum absolute atomic E-state index is 6.10. The third-order valence-corrected chi connectivity index (χ3v) is 3.75. The van der Waals surface area contributed by atoms with Gasteiger partial charge in [0, 0.05) is 0 Å². The summed E-state index contributed by atoms with van der Waals surface area (Å²) in [6, 6.07) is 16.0. The van der Waals surface area contributed by atoms with Crippen LogP contribution in [0.2, 0.25) is 0 Å². The van der Waals surface area contributed by atoms with Crippen molar-refractivity contribution in [3.05, 3.63) is 65.2 Å². The molecule has 0 N–H and O–H groups in total. The van der Waals surface area contributed by atoms with Gasteiger partial charge in [-0.25, -0.2) is 0 Å². The van der Waals surface area contributed by atoms with Gasteiger partial charge >= 0.3 is 0 Å². The maximum atomic E-state index is 6.10. The number of para-hydroxylation sites is 1. The second kappa shape index (κ2) is 5.27. The van der Waals surface area contributed by atoms with Gasteiger partial charge in [0.1, 0.15) is 11.9 Å². The summed E-state index contributed by atoms with van der Waals surface area (Å²) < 4.78 is 11.4. The molecule has 0 aromatic heterocycles. The third kappa shape index (κ3) is 2.53. The van der Waals surface area contributed by atoms with Crippen LogP contribution in [0, 0.1) is 11.8 Å². The fourth-order valence-electron chi connectivity index (χ4n) is 2.69.